The summed E-state index contributed by atoms with van der Waals surface area (Å²) in [6.45, 7) is 0.946. The Morgan fingerprint density at radius 3 is 2.74 bits per heavy atom. The second kappa shape index (κ2) is 7.24. The van der Waals surface area contributed by atoms with Gasteiger partial charge in [-0.1, -0.05) is 42.1 Å². The van der Waals surface area contributed by atoms with Crippen molar-refractivity contribution < 1.29 is 9.72 Å². The first-order chi connectivity index (χ1) is 13.1. The van der Waals surface area contributed by atoms with Crippen LogP contribution < -0.4 is 5.32 Å². The zero-order valence-electron chi connectivity index (χ0n) is 14.3. The first-order valence-electron chi connectivity index (χ1n) is 8.43. The molecule has 2 heterocycles. The summed E-state index contributed by atoms with van der Waals surface area (Å²) in [5.41, 5.74) is 3.13. The normalized spacial score (nSPS) is 12.6. The minimum atomic E-state index is -0.458. The summed E-state index contributed by atoms with van der Waals surface area (Å²) >= 11 is 1.72. The Kier molecular flexibility index (Phi) is 4.64. The molecule has 1 aliphatic heterocycles. The van der Waals surface area contributed by atoms with Gasteiger partial charge in [-0.15, -0.1) is 0 Å². The molecule has 0 atom stereocenters. The zero-order chi connectivity index (χ0) is 18.8. The number of nitrogens with one attached hydrogen (secondary N) is 1. The van der Waals surface area contributed by atoms with Crippen molar-refractivity contribution in [3.63, 3.8) is 0 Å². The number of nitro benzene ring substituents is 1. The number of thioether (sulfide) groups is 1. The number of amides is 1. The lowest BCUT2D eigenvalue weighted by molar-refractivity contribution is -0.384. The number of aromatic nitrogens is 2. The molecule has 1 N–H and O–H groups in total. The summed E-state index contributed by atoms with van der Waals surface area (Å²) in [6, 6.07) is 13.6. The molecule has 2 aromatic carbocycles. The smallest absolute Gasteiger partial charge is 0.269 e. The Balaban J connectivity index is 1.50. The van der Waals surface area contributed by atoms with Gasteiger partial charge in [0.25, 0.3) is 5.69 Å². The molecular weight excluding hydrogens is 364 g/mol. The van der Waals surface area contributed by atoms with Crippen molar-refractivity contribution in [2.75, 3.05) is 11.1 Å². The van der Waals surface area contributed by atoms with Crippen molar-refractivity contribution in [2.45, 2.75) is 18.1 Å². The maximum absolute atomic E-state index is 12.4. The minimum Gasteiger partial charge on any atom is -0.325 e. The molecule has 136 valence electrons. The fraction of sp³-hybridized carbons (Fsp3) is 0.158. The van der Waals surface area contributed by atoms with E-state index in [0.717, 1.165) is 28.7 Å². The topological polar surface area (TPSA) is 90.1 Å². The van der Waals surface area contributed by atoms with Crippen LogP contribution in [0.4, 0.5) is 11.4 Å². The largest absolute Gasteiger partial charge is 0.325 e. The van der Waals surface area contributed by atoms with E-state index in [1.807, 2.05) is 30.5 Å². The lowest BCUT2D eigenvalue weighted by atomic mass is 10.1. The lowest BCUT2D eigenvalue weighted by Gasteiger charge is -2.10. The van der Waals surface area contributed by atoms with Gasteiger partial charge in [-0.05, 0) is 11.6 Å². The third-order valence-electron chi connectivity index (χ3n) is 4.29. The van der Waals surface area contributed by atoms with Crippen LogP contribution in [0.5, 0.6) is 0 Å². The molecule has 0 bridgehead atoms. The second-order valence-corrected chi connectivity index (χ2v) is 7.21. The molecule has 0 fully saturated rings. The number of nitrogens with zero attached hydrogens (tertiary/aromatic N) is 3. The number of benzene rings is 2. The van der Waals surface area contributed by atoms with Gasteiger partial charge < -0.3 is 9.88 Å². The van der Waals surface area contributed by atoms with Crippen LogP contribution in [0.1, 0.15) is 5.56 Å². The molecule has 27 heavy (non-hydrogen) atoms. The van der Waals surface area contributed by atoms with Gasteiger partial charge in [-0.3, -0.25) is 14.9 Å². The van der Waals surface area contributed by atoms with Crippen LogP contribution in [0.2, 0.25) is 0 Å². The highest BCUT2D eigenvalue weighted by Crippen LogP contribution is 2.32. The van der Waals surface area contributed by atoms with Crippen molar-refractivity contribution in [2.24, 2.45) is 0 Å². The van der Waals surface area contributed by atoms with Gasteiger partial charge in [0.1, 0.15) is 0 Å². The molecule has 0 radical (unpaired) electrons. The number of hydrogen-bond acceptors (Lipinski definition) is 5. The number of hydrogen-bond donors (Lipinski definition) is 1. The van der Waals surface area contributed by atoms with Gasteiger partial charge >= 0.3 is 0 Å². The van der Waals surface area contributed by atoms with Gasteiger partial charge in [-0.2, -0.15) is 0 Å². The molecular formula is C19H16N4O3S. The highest BCUT2D eigenvalue weighted by atomic mass is 32.2. The number of carbonyl (C=O) groups is 1. The van der Waals surface area contributed by atoms with Crippen molar-refractivity contribution in [3.8, 4) is 11.3 Å². The van der Waals surface area contributed by atoms with E-state index >= 15 is 0 Å². The molecule has 4 rings (SSSR count). The van der Waals surface area contributed by atoms with Crippen LogP contribution in [0.3, 0.4) is 0 Å². The predicted octanol–water partition coefficient (Wildman–Crippen LogP) is 3.75. The van der Waals surface area contributed by atoms with Gasteiger partial charge in [0.2, 0.25) is 5.91 Å². The summed E-state index contributed by atoms with van der Waals surface area (Å²) in [4.78, 5) is 27.4. The molecule has 1 aliphatic rings. The number of non-ortho nitro benzene ring substituents is 1. The molecule has 3 aromatic rings. The van der Waals surface area contributed by atoms with Crippen LogP contribution in [-0.4, -0.2) is 26.1 Å². The van der Waals surface area contributed by atoms with Crippen LogP contribution in [0.25, 0.3) is 11.3 Å². The maximum Gasteiger partial charge on any atom is 0.269 e. The number of aryl methyl sites for hydroxylation is 1. The summed E-state index contributed by atoms with van der Waals surface area (Å²) in [7, 11) is 0. The van der Waals surface area contributed by atoms with Gasteiger partial charge in [0.15, 0.2) is 5.16 Å². The highest BCUT2D eigenvalue weighted by Gasteiger charge is 2.17. The van der Waals surface area contributed by atoms with Gasteiger partial charge in [0, 0.05) is 36.2 Å². The van der Waals surface area contributed by atoms with E-state index < -0.39 is 4.92 Å². The van der Waals surface area contributed by atoms with E-state index in [4.69, 9.17) is 0 Å². The van der Waals surface area contributed by atoms with Crippen LogP contribution in [0.15, 0.2) is 59.9 Å². The number of carbonyl (C=O) groups excluding carboxylic acids is 1. The van der Waals surface area contributed by atoms with Crippen LogP contribution >= 0.6 is 11.8 Å². The second-order valence-electron chi connectivity index (χ2n) is 6.14. The van der Waals surface area contributed by atoms with E-state index in [9.17, 15) is 14.9 Å². The lowest BCUT2D eigenvalue weighted by Crippen LogP contribution is -2.15. The Morgan fingerprint density at radius 2 is 2.00 bits per heavy atom. The molecule has 0 saturated carbocycles. The monoisotopic (exact) mass is 380 g/mol. The van der Waals surface area contributed by atoms with Crippen LogP contribution in [0, 0.1) is 10.1 Å². The SMILES string of the molecule is O=C(Cc1ccc([N+](=O)[O-])cc1)Nc1ccccc1-c1cn2c(n1)SCC2. The molecule has 7 nitrogen and oxygen atoms in total. The summed E-state index contributed by atoms with van der Waals surface area (Å²) < 4.78 is 2.12. The van der Waals surface area contributed by atoms with Crippen molar-refractivity contribution in [1.29, 1.82) is 0 Å². The zero-order valence-corrected chi connectivity index (χ0v) is 15.1. The summed E-state index contributed by atoms with van der Waals surface area (Å²) in [5, 5.41) is 14.6. The third kappa shape index (κ3) is 3.70. The van der Waals surface area contributed by atoms with E-state index in [-0.39, 0.29) is 18.0 Å². The first-order valence-corrected chi connectivity index (χ1v) is 9.41. The average molecular weight is 380 g/mol. The van der Waals surface area contributed by atoms with E-state index in [1.165, 1.54) is 12.1 Å². The molecule has 0 spiro atoms. The number of rotatable bonds is 5. The number of imidazole rings is 1. The van der Waals surface area contributed by atoms with E-state index in [0.29, 0.717) is 11.3 Å². The molecule has 1 amide bonds. The quantitative estimate of drug-likeness (QED) is 0.538. The van der Waals surface area contributed by atoms with E-state index in [2.05, 4.69) is 14.9 Å². The van der Waals surface area contributed by atoms with Gasteiger partial charge in [-0.25, -0.2) is 4.98 Å². The minimum absolute atomic E-state index is 0.00945. The molecule has 0 unspecified atom stereocenters. The van der Waals surface area contributed by atoms with Crippen molar-refractivity contribution >= 4 is 29.0 Å². The number of para-hydroxylation sites is 1. The summed E-state index contributed by atoms with van der Waals surface area (Å²) in [6.07, 6.45) is 2.15. The average Bonchev–Trinajstić information content (AvgIpc) is 3.24. The third-order valence-corrected chi connectivity index (χ3v) is 5.26. The number of anilines is 1. The fourth-order valence-electron chi connectivity index (χ4n) is 2.97. The maximum atomic E-state index is 12.4. The Hall–Kier alpha value is -3.13. The Morgan fingerprint density at radius 1 is 1.22 bits per heavy atom. The number of fused-ring (bicyclic) bond motifs is 1. The van der Waals surface area contributed by atoms with Crippen LogP contribution in [-0.2, 0) is 17.8 Å². The molecule has 1 aromatic heterocycles. The molecule has 0 saturated heterocycles. The van der Waals surface area contributed by atoms with Gasteiger partial charge in [0.05, 0.1) is 22.7 Å². The fourth-order valence-corrected chi connectivity index (χ4v) is 3.91. The standard InChI is InChI=1S/C19H16N4O3S/c24-18(11-13-5-7-14(8-6-13)23(25)26)20-16-4-2-1-3-15(16)17-12-22-9-10-27-19(22)21-17/h1-8,12H,9-11H2,(H,20,24). The molecule has 8 heteroatoms. The Labute approximate surface area is 159 Å². The van der Waals surface area contributed by atoms with E-state index in [1.54, 1.807) is 23.9 Å². The highest BCUT2D eigenvalue weighted by molar-refractivity contribution is 7.99. The predicted molar refractivity (Wildman–Crippen MR) is 104 cm³/mol. The molecule has 0 aliphatic carbocycles. The van der Waals surface area contributed by atoms with Crippen molar-refractivity contribution in [3.05, 3.63) is 70.4 Å². The van der Waals surface area contributed by atoms with Crippen molar-refractivity contribution in [1.82, 2.24) is 9.55 Å². The first kappa shape index (κ1) is 17.3. The summed E-state index contributed by atoms with van der Waals surface area (Å²) in [5.74, 6) is 0.855. The Bertz CT molecular complexity index is 993. The number of nitro groups is 1.